The van der Waals surface area contributed by atoms with Crippen LogP contribution >= 0.6 is 0 Å². The summed E-state index contributed by atoms with van der Waals surface area (Å²) in [7, 11) is 0. The second-order valence-electron chi connectivity index (χ2n) is 7.71. The van der Waals surface area contributed by atoms with Crippen molar-refractivity contribution in [3.05, 3.63) is 54.4 Å². The molecule has 0 bridgehead atoms. The zero-order chi connectivity index (χ0) is 24.1. The van der Waals surface area contributed by atoms with E-state index in [1.165, 1.54) is 24.4 Å². The monoisotopic (exact) mass is 472 g/mol. The summed E-state index contributed by atoms with van der Waals surface area (Å²) in [5.74, 6) is -0.543. The number of hydrogen-bond acceptors (Lipinski definition) is 6. The minimum Gasteiger partial charge on any atom is -0.377 e. The smallest absolute Gasteiger partial charge is 0.319 e. The molecule has 1 saturated heterocycles. The first-order valence-corrected chi connectivity index (χ1v) is 10.7. The van der Waals surface area contributed by atoms with Crippen LogP contribution in [0.5, 0.6) is 0 Å². The number of hydrogen-bond donors (Lipinski definition) is 2. The van der Waals surface area contributed by atoms with Crippen molar-refractivity contribution in [3.8, 4) is 22.6 Å². The van der Waals surface area contributed by atoms with Gasteiger partial charge in [-0.05, 0) is 31.2 Å². The molecular formula is C23H23F3N6O2. The van der Waals surface area contributed by atoms with Gasteiger partial charge in [-0.15, -0.1) is 0 Å². The molecule has 34 heavy (non-hydrogen) atoms. The maximum atomic E-state index is 15.1. The largest absolute Gasteiger partial charge is 0.377 e. The Morgan fingerprint density at radius 1 is 1.21 bits per heavy atom. The number of amides is 2. The lowest BCUT2D eigenvalue weighted by Crippen LogP contribution is -2.44. The highest BCUT2D eigenvalue weighted by atomic mass is 19.1. The Hall–Kier alpha value is -3.73. The second kappa shape index (κ2) is 10.5. The highest BCUT2D eigenvalue weighted by Crippen LogP contribution is 2.30. The Labute approximate surface area is 194 Å². The van der Waals surface area contributed by atoms with E-state index in [0.29, 0.717) is 36.8 Å². The van der Waals surface area contributed by atoms with E-state index in [2.05, 4.69) is 25.6 Å². The molecule has 1 aromatic carbocycles. The lowest BCUT2D eigenvalue weighted by Gasteiger charge is -2.34. The molecule has 1 aliphatic heterocycles. The highest BCUT2D eigenvalue weighted by molar-refractivity contribution is 5.89. The number of nitrogens with one attached hydrogen (secondary N) is 2. The van der Waals surface area contributed by atoms with Crippen LogP contribution in [-0.2, 0) is 4.74 Å². The standard InChI is InChI=1S/C23H23F3N6O2/c1-14-13-34-7-6-32(14)21-10-20(15-8-16(25)12-27-11-15)30-22(31-21)18-3-2-17(9-19(18)26)29-23(33)28-5-4-24/h2-3,8-12,14H,4-7,13H2,1H3,(H2,28,29,33). The van der Waals surface area contributed by atoms with Crippen LogP contribution in [0, 0.1) is 11.6 Å². The van der Waals surface area contributed by atoms with Crippen molar-refractivity contribution in [2.75, 3.05) is 43.2 Å². The predicted octanol–water partition coefficient (Wildman–Crippen LogP) is 3.80. The number of halogens is 3. The minimum atomic E-state index is -0.709. The van der Waals surface area contributed by atoms with Gasteiger partial charge in [0, 0.05) is 36.6 Å². The van der Waals surface area contributed by atoms with Gasteiger partial charge < -0.3 is 20.3 Å². The molecule has 0 spiro atoms. The topological polar surface area (TPSA) is 92.3 Å². The van der Waals surface area contributed by atoms with Crippen molar-refractivity contribution < 1.29 is 22.7 Å². The van der Waals surface area contributed by atoms with Crippen LogP contribution in [0.3, 0.4) is 0 Å². The number of urea groups is 1. The van der Waals surface area contributed by atoms with Gasteiger partial charge in [0.25, 0.3) is 0 Å². The molecule has 178 valence electrons. The van der Waals surface area contributed by atoms with E-state index in [0.717, 1.165) is 12.3 Å². The van der Waals surface area contributed by atoms with Crippen molar-refractivity contribution in [1.29, 1.82) is 0 Å². The predicted molar refractivity (Wildman–Crippen MR) is 121 cm³/mol. The van der Waals surface area contributed by atoms with E-state index in [4.69, 9.17) is 4.74 Å². The number of morpholine rings is 1. The van der Waals surface area contributed by atoms with Gasteiger partial charge in [0.1, 0.15) is 24.1 Å². The number of pyridine rings is 1. The lowest BCUT2D eigenvalue weighted by atomic mass is 10.1. The number of alkyl halides is 1. The molecule has 0 aliphatic carbocycles. The second-order valence-corrected chi connectivity index (χ2v) is 7.71. The van der Waals surface area contributed by atoms with Gasteiger partial charge in [-0.3, -0.25) is 4.98 Å². The molecule has 1 fully saturated rings. The first-order chi connectivity index (χ1) is 16.4. The Morgan fingerprint density at radius 3 is 2.79 bits per heavy atom. The molecule has 3 aromatic rings. The molecule has 11 heteroatoms. The fourth-order valence-electron chi connectivity index (χ4n) is 3.58. The summed E-state index contributed by atoms with van der Waals surface area (Å²) >= 11 is 0. The van der Waals surface area contributed by atoms with Crippen molar-refractivity contribution in [1.82, 2.24) is 20.3 Å². The van der Waals surface area contributed by atoms with Crippen molar-refractivity contribution >= 4 is 17.5 Å². The van der Waals surface area contributed by atoms with E-state index < -0.39 is 24.3 Å². The summed E-state index contributed by atoms with van der Waals surface area (Å²) in [6.45, 7) is 2.73. The van der Waals surface area contributed by atoms with Crippen molar-refractivity contribution in [3.63, 3.8) is 0 Å². The number of anilines is 2. The fraction of sp³-hybridized carbons (Fsp3) is 0.304. The Kier molecular flexibility index (Phi) is 7.21. The first-order valence-electron chi connectivity index (χ1n) is 10.7. The molecule has 4 rings (SSSR count). The van der Waals surface area contributed by atoms with E-state index >= 15 is 4.39 Å². The number of nitrogens with zero attached hydrogens (tertiary/aromatic N) is 4. The number of aromatic nitrogens is 3. The van der Waals surface area contributed by atoms with E-state index in [9.17, 15) is 13.6 Å². The van der Waals surface area contributed by atoms with Gasteiger partial charge in [-0.2, -0.15) is 0 Å². The molecule has 1 atom stereocenters. The molecule has 0 saturated carbocycles. The molecule has 8 nitrogen and oxygen atoms in total. The normalized spacial score (nSPS) is 15.8. The Morgan fingerprint density at radius 2 is 2.06 bits per heavy atom. The van der Waals surface area contributed by atoms with Gasteiger partial charge in [0.05, 0.1) is 36.7 Å². The average Bonchev–Trinajstić information content (AvgIpc) is 2.83. The van der Waals surface area contributed by atoms with E-state index in [1.54, 1.807) is 6.07 Å². The lowest BCUT2D eigenvalue weighted by molar-refractivity contribution is 0.0985. The van der Waals surface area contributed by atoms with Crippen LogP contribution in [0.15, 0.2) is 42.7 Å². The third kappa shape index (κ3) is 5.42. The summed E-state index contributed by atoms with van der Waals surface area (Å²) in [5.41, 5.74) is 1.10. The van der Waals surface area contributed by atoms with Crippen LogP contribution in [0.2, 0.25) is 0 Å². The molecule has 1 aliphatic rings. The van der Waals surface area contributed by atoms with Gasteiger partial charge in [0.15, 0.2) is 5.82 Å². The quantitative estimate of drug-likeness (QED) is 0.567. The Bertz CT molecular complexity index is 1180. The molecule has 3 heterocycles. The van der Waals surface area contributed by atoms with Crippen LogP contribution in [0.25, 0.3) is 22.6 Å². The van der Waals surface area contributed by atoms with Crippen molar-refractivity contribution in [2.24, 2.45) is 0 Å². The maximum Gasteiger partial charge on any atom is 0.319 e. The average molecular weight is 472 g/mol. The molecule has 0 radical (unpaired) electrons. The van der Waals surface area contributed by atoms with Gasteiger partial charge >= 0.3 is 6.03 Å². The molecule has 2 amide bonds. The summed E-state index contributed by atoms with van der Waals surface area (Å²) in [6, 6.07) is 6.44. The number of benzene rings is 1. The zero-order valence-corrected chi connectivity index (χ0v) is 18.4. The molecule has 2 aromatic heterocycles. The number of rotatable bonds is 6. The summed E-state index contributed by atoms with van der Waals surface area (Å²) in [6.07, 6.45) is 2.56. The van der Waals surface area contributed by atoms with Crippen LogP contribution in [0.4, 0.5) is 29.5 Å². The highest BCUT2D eigenvalue weighted by Gasteiger charge is 2.23. The maximum absolute atomic E-state index is 15.1. The van der Waals surface area contributed by atoms with Gasteiger partial charge in [-0.25, -0.2) is 27.9 Å². The molecule has 1 unspecified atom stereocenters. The van der Waals surface area contributed by atoms with E-state index in [1.807, 2.05) is 11.8 Å². The summed E-state index contributed by atoms with van der Waals surface area (Å²) < 4.78 is 46.6. The summed E-state index contributed by atoms with van der Waals surface area (Å²) in [5, 5.41) is 4.74. The van der Waals surface area contributed by atoms with Crippen LogP contribution < -0.4 is 15.5 Å². The fourth-order valence-corrected chi connectivity index (χ4v) is 3.58. The van der Waals surface area contributed by atoms with Crippen LogP contribution in [-0.4, -0.2) is 60.0 Å². The van der Waals surface area contributed by atoms with Crippen molar-refractivity contribution in [2.45, 2.75) is 13.0 Å². The van der Waals surface area contributed by atoms with Gasteiger partial charge in [0.2, 0.25) is 0 Å². The van der Waals surface area contributed by atoms with Crippen LogP contribution in [0.1, 0.15) is 6.92 Å². The number of ether oxygens (including phenoxy) is 1. The third-order valence-electron chi connectivity index (χ3n) is 5.22. The van der Waals surface area contributed by atoms with Gasteiger partial charge in [-0.1, -0.05) is 0 Å². The zero-order valence-electron chi connectivity index (χ0n) is 18.4. The molecule has 2 N–H and O–H groups in total. The third-order valence-corrected chi connectivity index (χ3v) is 5.22. The minimum absolute atomic E-state index is 0.0224. The molecular weight excluding hydrogens is 449 g/mol. The number of carbonyl (C=O) groups excluding carboxylic acids is 1. The number of carbonyl (C=O) groups is 1. The SMILES string of the molecule is CC1COCCN1c1cc(-c2cncc(F)c2)nc(-c2ccc(NC(=O)NCCF)cc2F)n1. The first kappa shape index (κ1) is 23.4. The Balaban J connectivity index is 1.72. The van der Waals surface area contributed by atoms with E-state index in [-0.39, 0.29) is 29.7 Å². The summed E-state index contributed by atoms with van der Waals surface area (Å²) in [4.78, 5) is 26.7.